The van der Waals surface area contributed by atoms with Crippen LogP contribution in [0.15, 0.2) is 53.4 Å². The monoisotopic (exact) mass is 344 g/mol. The van der Waals surface area contributed by atoms with Crippen molar-refractivity contribution in [2.45, 2.75) is 4.90 Å². The fourth-order valence-electron chi connectivity index (χ4n) is 2.04. The van der Waals surface area contributed by atoms with Crippen LogP contribution in [0.3, 0.4) is 0 Å². The van der Waals surface area contributed by atoms with Crippen LogP contribution < -0.4 is 14.4 Å². The SMILES string of the molecule is COc1ccccc1S(=O)(=O)NCC#Cc1ccc(N(C)C)cc1. The van der Waals surface area contributed by atoms with Crippen LogP contribution in [-0.2, 0) is 10.0 Å². The van der Waals surface area contributed by atoms with Crippen molar-refractivity contribution in [3.05, 3.63) is 54.1 Å². The first kappa shape index (κ1) is 17.9. The lowest BCUT2D eigenvalue weighted by Gasteiger charge is -2.11. The predicted molar refractivity (Wildman–Crippen MR) is 95.8 cm³/mol. The summed E-state index contributed by atoms with van der Waals surface area (Å²) in [6.45, 7) is 0.0236. The lowest BCUT2D eigenvalue weighted by Crippen LogP contribution is -2.24. The lowest BCUT2D eigenvalue weighted by atomic mass is 10.2. The molecule has 0 aliphatic carbocycles. The van der Waals surface area contributed by atoms with Crippen molar-refractivity contribution in [3.8, 4) is 17.6 Å². The van der Waals surface area contributed by atoms with Gasteiger partial charge in [-0.2, -0.15) is 4.72 Å². The van der Waals surface area contributed by atoms with Gasteiger partial charge in [-0.1, -0.05) is 24.0 Å². The molecule has 24 heavy (non-hydrogen) atoms. The summed E-state index contributed by atoms with van der Waals surface area (Å²) in [5, 5.41) is 0. The van der Waals surface area contributed by atoms with Crippen LogP contribution in [0.2, 0.25) is 0 Å². The van der Waals surface area contributed by atoms with Crippen LogP contribution in [0.5, 0.6) is 5.75 Å². The van der Waals surface area contributed by atoms with Gasteiger partial charge < -0.3 is 9.64 Å². The maximum atomic E-state index is 12.3. The van der Waals surface area contributed by atoms with Gasteiger partial charge in [-0.05, 0) is 36.4 Å². The van der Waals surface area contributed by atoms with Crippen LogP contribution in [-0.4, -0.2) is 36.2 Å². The van der Waals surface area contributed by atoms with Gasteiger partial charge in [0.1, 0.15) is 10.6 Å². The van der Waals surface area contributed by atoms with Crippen molar-refractivity contribution in [1.29, 1.82) is 0 Å². The summed E-state index contributed by atoms with van der Waals surface area (Å²) in [5.41, 5.74) is 1.91. The van der Waals surface area contributed by atoms with Gasteiger partial charge in [-0.25, -0.2) is 8.42 Å². The summed E-state index contributed by atoms with van der Waals surface area (Å²) in [5.74, 6) is 6.06. The van der Waals surface area contributed by atoms with E-state index in [1.807, 2.05) is 43.3 Å². The molecule has 126 valence electrons. The molecule has 0 amide bonds. The quantitative estimate of drug-likeness (QED) is 0.844. The lowest BCUT2D eigenvalue weighted by molar-refractivity contribution is 0.402. The van der Waals surface area contributed by atoms with Gasteiger partial charge in [-0.15, -0.1) is 0 Å². The number of sulfonamides is 1. The van der Waals surface area contributed by atoms with Crippen LogP contribution in [0.4, 0.5) is 5.69 Å². The van der Waals surface area contributed by atoms with E-state index in [0.717, 1.165) is 11.3 Å². The summed E-state index contributed by atoms with van der Waals surface area (Å²) in [6, 6.07) is 14.2. The maximum Gasteiger partial charge on any atom is 0.245 e. The molecule has 2 rings (SSSR count). The van der Waals surface area contributed by atoms with Crippen molar-refractivity contribution in [2.75, 3.05) is 32.6 Å². The van der Waals surface area contributed by atoms with Crippen molar-refractivity contribution in [2.24, 2.45) is 0 Å². The third kappa shape index (κ3) is 4.51. The summed E-state index contributed by atoms with van der Waals surface area (Å²) < 4.78 is 32.1. The number of nitrogens with zero attached hydrogens (tertiary/aromatic N) is 1. The maximum absolute atomic E-state index is 12.3. The molecule has 1 N–H and O–H groups in total. The minimum atomic E-state index is -3.66. The molecule has 0 saturated carbocycles. The van der Waals surface area contributed by atoms with Crippen LogP contribution in [0.25, 0.3) is 0 Å². The summed E-state index contributed by atoms with van der Waals surface area (Å²) in [4.78, 5) is 2.10. The van der Waals surface area contributed by atoms with Crippen molar-refractivity contribution < 1.29 is 13.2 Å². The third-order valence-electron chi connectivity index (χ3n) is 3.33. The fraction of sp³-hybridized carbons (Fsp3) is 0.222. The normalized spacial score (nSPS) is 10.6. The van der Waals surface area contributed by atoms with Gasteiger partial charge >= 0.3 is 0 Å². The average molecular weight is 344 g/mol. The Labute approximate surface area is 143 Å². The molecule has 0 fully saturated rings. The van der Waals surface area contributed by atoms with Gasteiger partial charge in [-0.3, -0.25) is 0 Å². The van der Waals surface area contributed by atoms with Gasteiger partial charge in [0.25, 0.3) is 0 Å². The zero-order valence-corrected chi connectivity index (χ0v) is 14.7. The molecule has 2 aromatic rings. The van der Waals surface area contributed by atoms with E-state index in [9.17, 15) is 8.42 Å². The second-order valence-corrected chi connectivity index (χ2v) is 6.95. The van der Waals surface area contributed by atoms with E-state index in [0.29, 0.717) is 5.75 Å². The molecule has 0 unspecified atom stereocenters. The zero-order chi connectivity index (χ0) is 17.6. The van der Waals surface area contributed by atoms with Crippen LogP contribution in [0, 0.1) is 11.8 Å². The highest BCUT2D eigenvalue weighted by molar-refractivity contribution is 7.89. The zero-order valence-electron chi connectivity index (χ0n) is 13.9. The number of methoxy groups -OCH3 is 1. The van der Waals surface area contributed by atoms with Crippen LogP contribution in [0.1, 0.15) is 5.56 Å². The van der Waals surface area contributed by atoms with E-state index in [4.69, 9.17) is 4.74 Å². The fourth-order valence-corrected chi connectivity index (χ4v) is 3.13. The highest BCUT2D eigenvalue weighted by Crippen LogP contribution is 2.22. The molecule has 2 aromatic carbocycles. The van der Waals surface area contributed by atoms with Gasteiger partial charge in [0.2, 0.25) is 10.0 Å². The largest absolute Gasteiger partial charge is 0.495 e. The molecule has 0 aromatic heterocycles. The van der Waals surface area contributed by atoms with E-state index in [1.54, 1.807) is 18.2 Å². The minimum absolute atomic E-state index is 0.0236. The molecule has 0 aliphatic heterocycles. The molecule has 5 nitrogen and oxygen atoms in total. The molecule has 0 spiro atoms. The van der Waals surface area contributed by atoms with Crippen LogP contribution >= 0.6 is 0 Å². The molecule has 0 aliphatic rings. The average Bonchev–Trinajstić information content (AvgIpc) is 2.59. The van der Waals surface area contributed by atoms with E-state index >= 15 is 0 Å². The standard InChI is InChI=1S/C18H20N2O3S/c1-20(2)16-12-10-15(11-13-16)7-6-14-19-24(21,22)18-9-5-4-8-17(18)23-3/h4-5,8-13,19H,14H2,1-3H3. The number of rotatable bonds is 5. The number of nitrogens with one attached hydrogen (secondary N) is 1. The molecule has 6 heteroatoms. The Hall–Kier alpha value is -2.49. The van der Waals surface area contributed by atoms with Crippen molar-refractivity contribution in [1.82, 2.24) is 4.72 Å². The molecular weight excluding hydrogens is 324 g/mol. The third-order valence-corrected chi connectivity index (χ3v) is 4.77. The number of anilines is 1. The Kier molecular flexibility index (Phi) is 5.85. The first-order valence-electron chi connectivity index (χ1n) is 7.33. The molecular formula is C18H20N2O3S. The summed E-state index contributed by atoms with van der Waals surface area (Å²) in [6.07, 6.45) is 0. The Morgan fingerprint density at radius 2 is 1.75 bits per heavy atom. The van der Waals surface area contributed by atoms with E-state index in [1.165, 1.54) is 13.2 Å². The molecule has 0 heterocycles. The number of hydrogen-bond donors (Lipinski definition) is 1. The Bertz CT molecular complexity index is 848. The smallest absolute Gasteiger partial charge is 0.245 e. The number of hydrogen-bond acceptors (Lipinski definition) is 4. The van der Waals surface area contributed by atoms with E-state index < -0.39 is 10.0 Å². The number of ether oxygens (including phenoxy) is 1. The minimum Gasteiger partial charge on any atom is -0.495 e. The summed E-state index contributed by atoms with van der Waals surface area (Å²) >= 11 is 0. The Balaban J connectivity index is 2.03. The molecule has 0 saturated heterocycles. The topological polar surface area (TPSA) is 58.6 Å². The highest BCUT2D eigenvalue weighted by Gasteiger charge is 2.17. The first-order valence-corrected chi connectivity index (χ1v) is 8.81. The Morgan fingerprint density at radius 3 is 2.38 bits per heavy atom. The van der Waals surface area contributed by atoms with E-state index in [2.05, 4.69) is 16.6 Å². The Morgan fingerprint density at radius 1 is 1.08 bits per heavy atom. The van der Waals surface area contributed by atoms with Gasteiger partial charge in [0.15, 0.2) is 0 Å². The van der Waals surface area contributed by atoms with Gasteiger partial charge in [0.05, 0.1) is 13.7 Å². The second kappa shape index (κ2) is 7.86. The first-order chi connectivity index (χ1) is 11.4. The van der Waals surface area contributed by atoms with Crippen molar-refractivity contribution >= 4 is 15.7 Å². The van der Waals surface area contributed by atoms with E-state index in [-0.39, 0.29) is 11.4 Å². The number of benzene rings is 2. The second-order valence-electron chi connectivity index (χ2n) is 5.22. The molecule has 0 atom stereocenters. The van der Waals surface area contributed by atoms with Gasteiger partial charge in [0, 0.05) is 25.3 Å². The predicted octanol–water partition coefficient (Wildman–Crippen LogP) is 2.09. The molecule has 0 radical (unpaired) electrons. The highest BCUT2D eigenvalue weighted by atomic mass is 32.2. The van der Waals surface area contributed by atoms with Crippen molar-refractivity contribution in [3.63, 3.8) is 0 Å². The number of para-hydroxylation sites is 1. The molecule has 0 bridgehead atoms. The summed E-state index contributed by atoms with van der Waals surface area (Å²) in [7, 11) is 1.71.